The highest BCUT2D eigenvalue weighted by atomic mass is 35.5. The molecule has 0 heterocycles. The first kappa shape index (κ1) is 16.5. The van der Waals surface area contributed by atoms with Gasteiger partial charge < -0.3 is 4.74 Å². The molecule has 0 saturated heterocycles. The van der Waals surface area contributed by atoms with E-state index in [1.54, 1.807) is 12.3 Å². The molecular formula is C17H15Cl2NO2. The zero-order valence-electron chi connectivity index (χ0n) is 12.3. The number of aliphatic imine (C=N–C) groups is 1. The molecule has 22 heavy (non-hydrogen) atoms. The summed E-state index contributed by atoms with van der Waals surface area (Å²) in [6.45, 7) is 3.28. The number of esters is 1. The number of nitrogens with zero attached hydrogens (tertiary/aromatic N) is 1. The highest BCUT2D eigenvalue weighted by molar-refractivity contribution is 6.44. The van der Waals surface area contributed by atoms with E-state index in [9.17, 15) is 4.79 Å². The van der Waals surface area contributed by atoms with Crippen molar-refractivity contribution in [1.82, 2.24) is 0 Å². The van der Waals surface area contributed by atoms with E-state index in [2.05, 4.69) is 4.99 Å². The van der Waals surface area contributed by atoms with Gasteiger partial charge in [0.2, 0.25) is 0 Å². The predicted molar refractivity (Wildman–Crippen MR) is 90.8 cm³/mol. The maximum absolute atomic E-state index is 11.3. The van der Waals surface area contributed by atoms with Crippen LogP contribution in [0.15, 0.2) is 41.4 Å². The molecule has 2 aromatic carbocycles. The molecule has 0 spiro atoms. The molecule has 0 bridgehead atoms. The average molecular weight is 336 g/mol. The minimum Gasteiger partial charge on any atom is -0.424 e. The topological polar surface area (TPSA) is 38.7 Å². The lowest BCUT2D eigenvalue weighted by molar-refractivity contribution is -0.131. The van der Waals surface area contributed by atoms with Gasteiger partial charge in [0.15, 0.2) is 5.75 Å². The SMILES string of the molecule is CCc1cc(OC(C)=O)c(N=Cc2ccccc2)c(Cl)c1Cl. The van der Waals surface area contributed by atoms with Gasteiger partial charge in [0.25, 0.3) is 0 Å². The summed E-state index contributed by atoms with van der Waals surface area (Å²) in [5, 5.41) is 0.713. The first-order valence-corrected chi connectivity index (χ1v) is 7.57. The molecule has 0 saturated carbocycles. The van der Waals surface area contributed by atoms with Gasteiger partial charge in [0.05, 0.1) is 10.0 Å². The standard InChI is InChI=1S/C17H15Cl2NO2/c1-3-13-9-14(22-11(2)21)17(16(19)15(13)18)20-10-12-7-5-4-6-8-12/h4-10H,3H2,1-2H3. The van der Waals surface area contributed by atoms with Gasteiger partial charge in [-0.15, -0.1) is 0 Å². The fraction of sp³-hybridized carbons (Fsp3) is 0.176. The van der Waals surface area contributed by atoms with Crippen LogP contribution in [0.3, 0.4) is 0 Å². The molecule has 0 fully saturated rings. The minimum absolute atomic E-state index is 0.282. The summed E-state index contributed by atoms with van der Waals surface area (Å²) >= 11 is 12.5. The molecule has 2 aromatic rings. The van der Waals surface area contributed by atoms with Gasteiger partial charge in [-0.25, -0.2) is 0 Å². The Morgan fingerprint density at radius 3 is 2.50 bits per heavy atom. The third-order valence-corrected chi connectivity index (χ3v) is 3.89. The number of benzene rings is 2. The predicted octanol–water partition coefficient (Wildman–Crippen LogP) is 5.23. The summed E-state index contributed by atoms with van der Waals surface area (Å²) in [5.74, 6) is -0.123. The summed E-state index contributed by atoms with van der Waals surface area (Å²) in [7, 11) is 0. The number of ether oxygens (including phenoxy) is 1. The lowest BCUT2D eigenvalue weighted by Gasteiger charge is -2.12. The summed E-state index contributed by atoms with van der Waals surface area (Å²) in [6, 6.07) is 11.2. The molecule has 0 N–H and O–H groups in total. The molecule has 0 amide bonds. The van der Waals surface area contributed by atoms with Gasteiger partial charge in [-0.1, -0.05) is 60.5 Å². The smallest absolute Gasteiger partial charge is 0.308 e. The molecule has 0 aromatic heterocycles. The molecule has 2 rings (SSSR count). The van der Waals surface area contributed by atoms with Crippen molar-refractivity contribution in [2.24, 2.45) is 4.99 Å². The van der Waals surface area contributed by atoms with Crippen molar-refractivity contribution in [2.45, 2.75) is 20.3 Å². The normalized spacial score (nSPS) is 10.9. The van der Waals surface area contributed by atoms with E-state index < -0.39 is 5.97 Å². The maximum Gasteiger partial charge on any atom is 0.308 e. The molecule has 0 aliphatic rings. The Bertz CT molecular complexity index is 712. The maximum atomic E-state index is 11.3. The van der Waals surface area contributed by atoms with Crippen molar-refractivity contribution in [2.75, 3.05) is 0 Å². The van der Waals surface area contributed by atoms with Crippen molar-refractivity contribution in [3.63, 3.8) is 0 Å². The molecular weight excluding hydrogens is 321 g/mol. The van der Waals surface area contributed by atoms with Gasteiger partial charge in [-0.2, -0.15) is 0 Å². The van der Waals surface area contributed by atoms with Crippen LogP contribution < -0.4 is 4.74 Å². The number of rotatable bonds is 4. The second-order valence-electron chi connectivity index (χ2n) is 4.63. The Labute approximate surface area is 139 Å². The largest absolute Gasteiger partial charge is 0.424 e. The monoisotopic (exact) mass is 335 g/mol. The van der Waals surface area contributed by atoms with E-state index in [1.807, 2.05) is 37.3 Å². The van der Waals surface area contributed by atoms with Crippen molar-refractivity contribution >= 4 is 41.1 Å². The molecule has 0 aliphatic carbocycles. The first-order chi connectivity index (χ1) is 10.5. The Balaban J connectivity index is 2.50. The summed E-state index contributed by atoms with van der Waals surface area (Å²) in [4.78, 5) is 15.6. The van der Waals surface area contributed by atoms with E-state index in [4.69, 9.17) is 27.9 Å². The van der Waals surface area contributed by atoms with E-state index >= 15 is 0 Å². The van der Waals surface area contributed by atoms with Crippen molar-refractivity contribution in [3.8, 4) is 5.75 Å². The molecule has 3 nitrogen and oxygen atoms in total. The van der Waals surface area contributed by atoms with E-state index in [0.29, 0.717) is 22.9 Å². The summed E-state index contributed by atoms with van der Waals surface area (Å²) in [5.41, 5.74) is 2.06. The number of halogens is 2. The average Bonchev–Trinajstić information content (AvgIpc) is 2.51. The van der Waals surface area contributed by atoms with Crippen LogP contribution in [-0.2, 0) is 11.2 Å². The lowest BCUT2D eigenvalue weighted by Crippen LogP contribution is -2.03. The van der Waals surface area contributed by atoms with E-state index in [1.165, 1.54) is 6.92 Å². The van der Waals surface area contributed by atoms with Crippen LogP contribution >= 0.6 is 23.2 Å². The highest BCUT2D eigenvalue weighted by Crippen LogP contribution is 2.42. The number of hydrogen-bond acceptors (Lipinski definition) is 3. The molecule has 5 heteroatoms. The summed E-state index contributed by atoms with van der Waals surface area (Å²) < 4.78 is 5.22. The highest BCUT2D eigenvalue weighted by Gasteiger charge is 2.16. The number of aryl methyl sites for hydroxylation is 1. The van der Waals surface area contributed by atoms with Gasteiger partial charge in [-0.05, 0) is 23.6 Å². The van der Waals surface area contributed by atoms with Gasteiger partial charge >= 0.3 is 5.97 Å². The van der Waals surface area contributed by atoms with Crippen LogP contribution in [0.4, 0.5) is 5.69 Å². The Kier molecular flexibility index (Phi) is 5.58. The first-order valence-electron chi connectivity index (χ1n) is 6.81. The molecule has 0 radical (unpaired) electrons. The molecule has 0 atom stereocenters. The second kappa shape index (κ2) is 7.43. The van der Waals surface area contributed by atoms with Gasteiger partial charge in [0, 0.05) is 13.1 Å². The van der Waals surface area contributed by atoms with Crippen LogP contribution in [-0.4, -0.2) is 12.2 Å². The van der Waals surface area contributed by atoms with Crippen molar-refractivity contribution < 1.29 is 9.53 Å². The minimum atomic E-state index is -0.434. The quantitative estimate of drug-likeness (QED) is 0.435. The Hall–Kier alpha value is -1.84. The van der Waals surface area contributed by atoms with Crippen LogP contribution in [0.25, 0.3) is 0 Å². The zero-order valence-corrected chi connectivity index (χ0v) is 13.8. The zero-order chi connectivity index (χ0) is 16.1. The Morgan fingerprint density at radius 2 is 1.91 bits per heavy atom. The van der Waals surface area contributed by atoms with Crippen molar-refractivity contribution in [1.29, 1.82) is 0 Å². The van der Waals surface area contributed by atoms with Crippen LogP contribution in [0.1, 0.15) is 25.0 Å². The van der Waals surface area contributed by atoms with Gasteiger partial charge in [-0.3, -0.25) is 9.79 Å². The lowest BCUT2D eigenvalue weighted by atomic mass is 10.1. The van der Waals surface area contributed by atoms with Crippen LogP contribution in [0.2, 0.25) is 10.0 Å². The number of carbonyl (C=O) groups is 1. The van der Waals surface area contributed by atoms with E-state index in [0.717, 1.165) is 11.1 Å². The third kappa shape index (κ3) is 3.87. The van der Waals surface area contributed by atoms with Gasteiger partial charge in [0.1, 0.15) is 5.69 Å². The number of carbonyl (C=O) groups excluding carboxylic acids is 1. The fourth-order valence-corrected chi connectivity index (χ4v) is 2.47. The second-order valence-corrected chi connectivity index (χ2v) is 5.38. The van der Waals surface area contributed by atoms with E-state index in [-0.39, 0.29) is 5.02 Å². The van der Waals surface area contributed by atoms with Crippen molar-refractivity contribution in [3.05, 3.63) is 57.6 Å². The van der Waals surface area contributed by atoms with Crippen LogP contribution in [0.5, 0.6) is 5.75 Å². The van der Waals surface area contributed by atoms with Crippen LogP contribution in [0, 0.1) is 0 Å². The fourth-order valence-electron chi connectivity index (χ4n) is 1.93. The Morgan fingerprint density at radius 1 is 1.23 bits per heavy atom. The molecule has 0 aliphatic heterocycles. The third-order valence-electron chi connectivity index (χ3n) is 3.00. The molecule has 114 valence electrons. The molecule has 0 unspecified atom stereocenters. The summed E-state index contributed by atoms with van der Waals surface area (Å²) in [6.07, 6.45) is 2.33. The number of hydrogen-bond donors (Lipinski definition) is 0.